The smallest absolute Gasteiger partial charge is 0.260 e. The zero-order chi connectivity index (χ0) is 12.1. The summed E-state index contributed by atoms with van der Waals surface area (Å²) in [4.78, 5) is 13.0. The maximum Gasteiger partial charge on any atom is 0.260 e. The molecule has 0 saturated heterocycles. The molecule has 0 aliphatic carbocycles. The highest BCUT2D eigenvalue weighted by molar-refractivity contribution is 7.80. The summed E-state index contributed by atoms with van der Waals surface area (Å²) in [6.07, 6.45) is 0. The molecule has 1 amide bonds. The van der Waals surface area contributed by atoms with E-state index >= 15 is 0 Å². The lowest BCUT2D eigenvalue weighted by Gasteiger charge is -2.23. The molecule has 16 heavy (non-hydrogen) atoms. The molecule has 5 nitrogen and oxygen atoms in total. The first-order valence-corrected chi connectivity index (χ1v) is 5.07. The minimum absolute atomic E-state index is 0.236. The number of benzene rings is 1. The van der Waals surface area contributed by atoms with Crippen LogP contribution in [0.3, 0.4) is 0 Å². The maximum absolute atomic E-state index is 11.9. The molecule has 0 bridgehead atoms. The average Bonchev–Trinajstić information content (AvgIpc) is 2.30. The van der Waals surface area contributed by atoms with Gasteiger partial charge in [-0.15, -0.1) is 5.23 Å². The normalized spacial score (nSPS) is 9.69. The van der Waals surface area contributed by atoms with Crippen molar-refractivity contribution in [3.8, 4) is 0 Å². The third-order valence-electron chi connectivity index (χ3n) is 1.98. The van der Waals surface area contributed by atoms with Crippen molar-refractivity contribution in [2.45, 2.75) is 6.92 Å². The first-order chi connectivity index (χ1) is 7.57. The van der Waals surface area contributed by atoms with Crippen molar-refractivity contribution in [3.05, 3.63) is 35.9 Å². The minimum Gasteiger partial charge on any atom is -0.282 e. The molecule has 1 aromatic rings. The van der Waals surface area contributed by atoms with E-state index < -0.39 is 0 Å². The second-order valence-electron chi connectivity index (χ2n) is 2.99. The molecule has 0 aromatic heterocycles. The van der Waals surface area contributed by atoms with Crippen LogP contribution < -0.4 is 0 Å². The van der Waals surface area contributed by atoms with Gasteiger partial charge < -0.3 is 0 Å². The van der Waals surface area contributed by atoms with Gasteiger partial charge in [-0.05, 0) is 31.3 Å². The topological polar surface area (TPSA) is 64.0 Å². The number of hydrogen-bond donors (Lipinski definition) is 2. The van der Waals surface area contributed by atoms with Crippen molar-refractivity contribution in [2.24, 2.45) is 0 Å². The molecule has 0 radical (unpaired) electrons. The number of carbonyl (C=O) groups excluding carboxylic acids is 1. The summed E-state index contributed by atoms with van der Waals surface area (Å²) in [5.74, 6) is -0.374. The van der Waals surface area contributed by atoms with Gasteiger partial charge in [-0.25, -0.2) is 0 Å². The molecule has 2 N–H and O–H groups in total. The van der Waals surface area contributed by atoms with Gasteiger partial charge >= 0.3 is 0 Å². The Morgan fingerprint density at radius 1 is 1.31 bits per heavy atom. The van der Waals surface area contributed by atoms with Crippen LogP contribution in [0, 0.1) is 0 Å². The second-order valence-corrected chi connectivity index (χ2v) is 3.35. The lowest BCUT2D eigenvalue weighted by atomic mass is 10.2. The van der Waals surface area contributed by atoms with E-state index in [-0.39, 0.29) is 22.8 Å². The van der Waals surface area contributed by atoms with Crippen molar-refractivity contribution >= 4 is 23.2 Å². The molecule has 0 spiro atoms. The lowest BCUT2D eigenvalue weighted by Crippen LogP contribution is -2.43. The molecule has 0 heterocycles. The van der Waals surface area contributed by atoms with Crippen molar-refractivity contribution < 1.29 is 15.2 Å². The van der Waals surface area contributed by atoms with E-state index in [1.54, 1.807) is 37.3 Å². The fourth-order valence-corrected chi connectivity index (χ4v) is 1.42. The predicted molar refractivity (Wildman–Crippen MR) is 61.2 cm³/mol. The van der Waals surface area contributed by atoms with E-state index in [1.807, 2.05) is 0 Å². The van der Waals surface area contributed by atoms with Crippen LogP contribution in [-0.4, -0.2) is 38.1 Å². The van der Waals surface area contributed by atoms with Gasteiger partial charge in [0, 0.05) is 12.1 Å². The van der Waals surface area contributed by atoms with E-state index in [9.17, 15) is 4.79 Å². The van der Waals surface area contributed by atoms with E-state index in [1.165, 1.54) is 0 Å². The van der Waals surface area contributed by atoms with Gasteiger partial charge in [0.2, 0.25) is 5.11 Å². The quantitative estimate of drug-likeness (QED) is 0.606. The summed E-state index contributed by atoms with van der Waals surface area (Å²) < 4.78 is 0. The van der Waals surface area contributed by atoms with Gasteiger partial charge in [0.1, 0.15) is 0 Å². The van der Waals surface area contributed by atoms with Crippen LogP contribution in [0.5, 0.6) is 0 Å². The van der Waals surface area contributed by atoms with Crippen LogP contribution in [-0.2, 0) is 0 Å². The number of amides is 1. The van der Waals surface area contributed by atoms with Crippen LogP contribution >= 0.6 is 12.2 Å². The number of nitrogens with zero attached hydrogens (tertiary/aromatic N) is 2. The van der Waals surface area contributed by atoms with Crippen LogP contribution in [0.25, 0.3) is 0 Å². The Hall–Kier alpha value is -1.50. The van der Waals surface area contributed by atoms with E-state index in [0.29, 0.717) is 5.56 Å². The third kappa shape index (κ3) is 2.75. The Morgan fingerprint density at radius 2 is 1.88 bits per heavy atom. The number of rotatable bonds is 2. The zero-order valence-electron chi connectivity index (χ0n) is 8.70. The van der Waals surface area contributed by atoms with Crippen molar-refractivity contribution in [3.63, 3.8) is 0 Å². The monoisotopic (exact) mass is 240 g/mol. The second kappa shape index (κ2) is 5.55. The minimum atomic E-state index is -0.374. The third-order valence-corrected chi connectivity index (χ3v) is 2.37. The van der Waals surface area contributed by atoms with Crippen LogP contribution in [0.1, 0.15) is 17.3 Å². The molecule has 0 atom stereocenters. The molecule has 86 valence electrons. The van der Waals surface area contributed by atoms with Crippen molar-refractivity contribution in [2.75, 3.05) is 6.54 Å². The first-order valence-electron chi connectivity index (χ1n) is 4.66. The average molecular weight is 240 g/mol. The number of hydrogen-bond acceptors (Lipinski definition) is 4. The molecule has 1 rings (SSSR count). The highest BCUT2D eigenvalue weighted by atomic mass is 32.1. The summed E-state index contributed by atoms with van der Waals surface area (Å²) in [7, 11) is 0. The Balaban J connectivity index is 2.91. The maximum atomic E-state index is 11.9. The SMILES string of the molecule is CCN(C(=O)c1ccccc1)C(=S)N(O)O. The molecule has 0 aliphatic rings. The Morgan fingerprint density at radius 3 is 2.31 bits per heavy atom. The Labute approximate surface area is 98.4 Å². The summed E-state index contributed by atoms with van der Waals surface area (Å²) >= 11 is 4.71. The Bertz CT molecular complexity index is 381. The lowest BCUT2D eigenvalue weighted by molar-refractivity contribution is -0.248. The van der Waals surface area contributed by atoms with Gasteiger partial charge in [-0.3, -0.25) is 20.1 Å². The highest BCUT2D eigenvalue weighted by Crippen LogP contribution is 2.06. The summed E-state index contributed by atoms with van der Waals surface area (Å²) in [6.45, 7) is 1.95. The van der Waals surface area contributed by atoms with Crippen LogP contribution in [0.4, 0.5) is 0 Å². The summed E-state index contributed by atoms with van der Waals surface area (Å²) in [6, 6.07) is 8.49. The van der Waals surface area contributed by atoms with Gasteiger partial charge in [0.05, 0.1) is 0 Å². The number of hydroxylamine groups is 2. The number of carbonyl (C=O) groups is 1. The molecular formula is C10H12N2O3S. The molecule has 6 heteroatoms. The van der Waals surface area contributed by atoms with Crippen LogP contribution in [0.15, 0.2) is 30.3 Å². The van der Waals surface area contributed by atoms with Gasteiger partial charge in [0.15, 0.2) is 0 Å². The Kier molecular flexibility index (Phi) is 4.36. The van der Waals surface area contributed by atoms with Gasteiger partial charge in [0.25, 0.3) is 5.91 Å². The summed E-state index contributed by atoms with van der Waals surface area (Å²) in [5.41, 5.74) is 0.438. The van der Waals surface area contributed by atoms with Crippen LogP contribution in [0.2, 0.25) is 0 Å². The summed E-state index contributed by atoms with van der Waals surface area (Å²) in [5, 5.41) is 17.0. The van der Waals surface area contributed by atoms with Gasteiger partial charge in [-0.2, -0.15) is 0 Å². The molecule has 0 unspecified atom stereocenters. The first kappa shape index (κ1) is 12.6. The zero-order valence-corrected chi connectivity index (χ0v) is 9.52. The fraction of sp³-hybridized carbons (Fsp3) is 0.200. The van der Waals surface area contributed by atoms with Crippen molar-refractivity contribution in [1.82, 2.24) is 10.1 Å². The largest absolute Gasteiger partial charge is 0.282 e. The van der Waals surface area contributed by atoms with Crippen molar-refractivity contribution in [1.29, 1.82) is 0 Å². The van der Waals surface area contributed by atoms with E-state index in [0.717, 1.165) is 4.90 Å². The molecular weight excluding hydrogens is 228 g/mol. The number of thiocarbonyl (C=S) groups is 1. The predicted octanol–water partition coefficient (Wildman–Crippen LogP) is 1.51. The molecule has 1 aromatic carbocycles. The molecule has 0 fully saturated rings. The molecule has 0 aliphatic heterocycles. The standard InChI is InChI=1S/C10H12N2O3S/c1-2-11(10(16)12(14)15)9(13)8-6-4-3-5-7-8/h3-7,14-15H,2H2,1H3. The van der Waals surface area contributed by atoms with E-state index in [4.69, 9.17) is 22.6 Å². The highest BCUT2D eigenvalue weighted by Gasteiger charge is 2.21. The van der Waals surface area contributed by atoms with E-state index in [2.05, 4.69) is 0 Å². The van der Waals surface area contributed by atoms with Gasteiger partial charge in [-0.1, -0.05) is 18.2 Å². The molecule has 0 saturated carbocycles. The fourth-order valence-electron chi connectivity index (χ4n) is 1.21.